The third kappa shape index (κ3) is 3.18. The Morgan fingerprint density at radius 3 is 2.90 bits per heavy atom. The maximum atomic E-state index is 12.3. The second-order valence-electron chi connectivity index (χ2n) is 5.05. The quantitative estimate of drug-likeness (QED) is 0.904. The lowest BCUT2D eigenvalue weighted by molar-refractivity contribution is 0.0736. The highest BCUT2D eigenvalue weighted by Gasteiger charge is 2.18. The van der Waals surface area contributed by atoms with Crippen LogP contribution in [0.5, 0.6) is 0 Å². The first-order valence-electron chi connectivity index (χ1n) is 6.51. The van der Waals surface area contributed by atoms with Gasteiger partial charge >= 0.3 is 0 Å². The Morgan fingerprint density at radius 2 is 2.20 bits per heavy atom. The normalized spacial score (nSPS) is 12.6. The first-order valence-corrected chi connectivity index (χ1v) is 6.51. The summed E-state index contributed by atoms with van der Waals surface area (Å²) in [4.78, 5) is 13.8. The molecule has 0 aliphatic rings. The van der Waals surface area contributed by atoms with E-state index in [1.807, 2.05) is 25.1 Å². The summed E-state index contributed by atoms with van der Waals surface area (Å²) in [7, 11) is 3.29. The van der Waals surface area contributed by atoms with Crippen molar-refractivity contribution < 1.29 is 13.9 Å². The Kier molecular flexibility index (Phi) is 4.42. The first-order chi connectivity index (χ1) is 9.51. The van der Waals surface area contributed by atoms with Crippen molar-refractivity contribution in [2.45, 2.75) is 13.0 Å². The summed E-state index contributed by atoms with van der Waals surface area (Å²) in [6, 6.07) is 7.38. The predicted octanol–water partition coefficient (Wildman–Crippen LogP) is 1.79. The van der Waals surface area contributed by atoms with Gasteiger partial charge in [0.15, 0.2) is 5.76 Å². The van der Waals surface area contributed by atoms with E-state index in [0.717, 1.165) is 10.9 Å². The van der Waals surface area contributed by atoms with Gasteiger partial charge < -0.3 is 19.8 Å². The number of nitrogens with zero attached hydrogens (tertiary/aromatic N) is 1. The average Bonchev–Trinajstić information content (AvgIpc) is 2.80. The number of aryl methyl sites for hydroxylation is 1. The Morgan fingerprint density at radius 1 is 1.45 bits per heavy atom. The number of nitrogens with two attached hydrogens (primary N) is 1. The van der Waals surface area contributed by atoms with Gasteiger partial charge in [0.2, 0.25) is 0 Å². The molecule has 108 valence electrons. The molecule has 0 radical (unpaired) electrons. The largest absolute Gasteiger partial charge is 0.451 e. The van der Waals surface area contributed by atoms with Gasteiger partial charge in [-0.15, -0.1) is 0 Å². The second-order valence-corrected chi connectivity index (χ2v) is 5.05. The molecular weight excluding hydrogens is 256 g/mol. The van der Waals surface area contributed by atoms with E-state index in [4.69, 9.17) is 14.9 Å². The zero-order valence-corrected chi connectivity index (χ0v) is 12.1. The van der Waals surface area contributed by atoms with Crippen LogP contribution in [0.1, 0.15) is 16.1 Å². The molecule has 0 fully saturated rings. The number of furan rings is 1. The van der Waals surface area contributed by atoms with E-state index < -0.39 is 0 Å². The standard InChI is InChI=1S/C15H20N2O3/c1-10-4-5-13-11(6-10)7-14(20-13)15(18)17(2)8-12(16)9-19-3/h4-7,12H,8-9,16H2,1-3H3. The number of carbonyl (C=O) groups is 1. The molecule has 5 nitrogen and oxygen atoms in total. The van der Waals surface area contributed by atoms with E-state index in [1.165, 1.54) is 0 Å². The number of hydrogen-bond donors (Lipinski definition) is 1. The number of carbonyl (C=O) groups excluding carboxylic acids is 1. The lowest BCUT2D eigenvalue weighted by Gasteiger charge is -2.19. The van der Waals surface area contributed by atoms with Gasteiger partial charge in [0.05, 0.1) is 6.61 Å². The predicted molar refractivity (Wildman–Crippen MR) is 77.8 cm³/mol. The Balaban J connectivity index is 2.14. The molecule has 5 heteroatoms. The molecule has 0 saturated carbocycles. The Hall–Kier alpha value is -1.85. The van der Waals surface area contributed by atoms with Crippen molar-refractivity contribution in [2.24, 2.45) is 5.73 Å². The second kappa shape index (κ2) is 6.07. The summed E-state index contributed by atoms with van der Waals surface area (Å²) < 4.78 is 10.5. The van der Waals surface area contributed by atoms with Gasteiger partial charge in [-0.25, -0.2) is 0 Å². The SMILES string of the molecule is COCC(N)CN(C)C(=O)c1cc2cc(C)ccc2o1. The van der Waals surface area contributed by atoms with Gasteiger partial charge in [-0.1, -0.05) is 11.6 Å². The summed E-state index contributed by atoms with van der Waals surface area (Å²) in [5, 5.41) is 0.933. The highest BCUT2D eigenvalue weighted by molar-refractivity contribution is 5.96. The fraction of sp³-hybridized carbons (Fsp3) is 0.400. The van der Waals surface area contributed by atoms with Crippen LogP contribution >= 0.6 is 0 Å². The highest BCUT2D eigenvalue weighted by Crippen LogP contribution is 2.21. The molecule has 0 aliphatic heterocycles. The minimum atomic E-state index is -0.208. The monoisotopic (exact) mass is 276 g/mol. The van der Waals surface area contributed by atoms with Crippen molar-refractivity contribution in [3.63, 3.8) is 0 Å². The maximum Gasteiger partial charge on any atom is 0.289 e. The van der Waals surface area contributed by atoms with E-state index in [9.17, 15) is 4.79 Å². The number of fused-ring (bicyclic) bond motifs is 1. The van der Waals surface area contributed by atoms with Crippen LogP contribution in [-0.4, -0.2) is 44.2 Å². The van der Waals surface area contributed by atoms with Crippen molar-refractivity contribution in [2.75, 3.05) is 27.3 Å². The fourth-order valence-electron chi connectivity index (χ4n) is 2.16. The molecule has 1 heterocycles. The zero-order chi connectivity index (χ0) is 14.7. The number of amides is 1. The van der Waals surface area contributed by atoms with Crippen molar-refractivity contribution in [3.8, 4) is 0 Å². The number of rotatable bonds is 5. The van der Waals surface area contributed by atoms with Gasteiger partial charge in [0, 0.05) is 32.1 Å². The molecule has 20 heavy (non-hydrogen) atoms. The molecule has 1 amide bonds. The van der Waals surface area contributed by atoms with Crippen molar-refractivity contribution in [1.29, 1.82) is 0 Å². The average molecular weight is 276 g/mol. The van der Waals surface area contributed by atoms with E-state index in [1.54, 1.807) is 25.1 Å². The topological polar surface area (TPSA) is 68.7 Å². The summed E-state index contributed by atoms with van der Waals surface area (Å²) in [6.45, 7) is 2.84. The molecule has 1 aromatic heterocycles. The number of ether oxygens (including phenoxy) is 1. The van der Waals surface area contributed by atoms with Crippen LogP contribution in [0, 0.1) is 6.92 Å². The van der Waals surface area contributed by atoms with E-state index >= 15 is 0 Å². The van der Waals surface area contributed by atoms with Crippen LogP contribution < -0.4 is 5.73 Å². The van der Waals surface area contributed by atoms with Crippen LogP contribution in [0.15, 0.2) is 28.7 Å². The highest BCUT2D eigenvalue weighted by atomic mass is 16.5. The molecule has 2 aromatic rings. The summed E-state index contributed by atoms with van der Waals surface area (Å²) in [5.41, 5.74) is 7.69. The van der Waals surface area contributed by atoms with E-state index in [0.29, 0.717) is 24.5 Å². The van der Waals surface area contributed by atoms with E-state index in [2.05, 4.69) is 0 Å². The van der Waals surface area contributed by atoms with Crippen molar-refractivity contribution >= 4 is 16.9 Å². The molecule has 2 rings (SSSR count). The third-order valence-electron chi connectivity index (χ3n) is 3.12. The molecule has 1 atom stereocenters. The fourth-order valence-corrected chi connectivity index (χ4v) is 2.16. The van der Waals surface area contributed by atoms with Crippen molar-refractivity contribution in [1.82, 2.24) is 4.90 Å². The molecule has 0 aliphatic carbocycles. The molecule has 1 unspecified atom stereocenters. The van der Waals surface area contributed by atoms with Crippen LogP contribution in [0.4, 0.5) is 0 Å². The van der Waals surface area contributed by atoms with Crippen LogP contribution in [0.25, 0.3) is 11.0 Å². The van der Waals surface area contributed by atoms with Gasteiger partial charge in [-0.3, -0.25) is 4.79 Å². The molecular formula is C15H20N2O3. The maximum absolute atomic E-state index is 12.3. The minimum Gasteiger partial charge on any atom is -0.451 e. The molecule has 0 spiro atoms. The van der Waals surface area contributed by atoms with Crippen LogP contribution in [-0.2, 0) is 4.74 Å². The number of likely N-dealkylation sites (N-methyl/N-ethyl adjacent to an activating group) is 1. The van der Waals surface area contributed by atoms with Gasteiger partial charge in [-0.05, 0) is 25.1 Å². The molecule has 0 bridgehead atoms. The first kappa shape index (κ1) is 14.6. The lowest BCUT2D eigenvalue weighted by atomic mass is 10.2. The summed E-state index contributed by atoms with van der Waals surface area (Å²) in [6.07, 6.45) is 0. The summed E-state index contributed by atoms with van der Waals surface area (Å²) >= 11 is 0. The van der Waals surface area contributed by atoms with Gasteiger partial charge in [0.1, 0.15) is 5.58 Å². The molecule has 1 aromatic carbocycles. The van der Waals surface area contributed by atoms with E-state index in [-0.39, 0.29) is 11.9 Å². The third-order valence-corrected chi connectivity index (χ3v) is 3.12. The van der Waals surface area contributed by atoms with Crippen LogP contribution in [0.2, 0.25) is 0 Å². The summed E-state index contributed by atoms with van der Waals surface area (Å²) in [5.74, 6) is 0.156. The minimum absolute atomic E-state index is 0.176. The number of methoxy groups -OCH3 is 1. The lowest BCUT2D eigenvalue weighted by Crippen LogP contribution is -2.41. The smallest absolute Gasteiger partial charge is 0.289 e. The Labute approximate surface area is 118 Å². The van der Waals surface area contributed by atoms with Gasteiger partial charge in [0.25, 0.3) is 5.91 Å². The zero-order valence-electron chi connectivity index (χ0n) is 12.1. The van der Waals surface area contributed by atoms with Gasteiger partial charge in [-0.2, -0.15) is 0 Å². The Bertz CT molecular complexity index is 606. The van der Waals surface area contributed by atoms with Crippen LogP contribution in [0.3, 0.4) is 0 Å². The number of benzene rings is 1. The molecule has 0 saturated heterocycles. The molecule has 2 N–H and O–H groups in total. The number of hydrogen-bond acceptors (Lipinski definition) is 4. The van der Waals surface area contributed by atoms with Crippen molar-refractivity contribution in [3.05, 3.63) is 35.6 Å².